The molecule has 0 amide bonds. The van der Waals surface area contributed by atoms with E-state index >= 15 is 0 Å². The number of nitrogens with zero attached hydrogens (tertiary/aromatic N) is 3. The highest BCUT2D eigenvalue weighted by molar-refractivity contribution is 7.27. The Kier molecular flexibility index (Phi) is 5.37. The van der Waals surface area contributed by atoms with Crippen LogP contribution in [0.5, 0.6) is 0 Å². The summed E-state index contributed by atoms with van der Waals surface area (Å²) >= 11 is 1.86. The maximum Gasteiger partial charge on any atom is 0.160 e. The topological polar surface area (TPSA) is 38.7 Å². The van der Waals surface area contributed by atoms with Crippen LogP contribution in [0.15, 0.2) is 140 Å². The van der Waals surface area contributed by atoms with Crippen LogP contribution in [0.25, 0.3) is 86.7 Å². The summed E-state index contributed by atoms with van der Waals surface area (Å²) in [5.74, 6) is 0.687. The summed E-state index contributed by atoms with van der Waals surface area (Å²) < 4.78 is 2.58. The fourth-order valence-corrected chi connectivity index (χ4v) is 7.63. The van der Waals surface area contributed by atoms with E-state index in [1.165, 1.54) is 36.3 Å². The SMILES string of the molecule is c1ccc(-c2cc(-c3nc4ccccc4c4c5sc6ccccc6c5c5ccccc5c34)nc(-c3ccccc3)n2)cc1. The molecule has 0 fully saturated rings. The first-order valence-corrected chi connectivity index (χ1v) is 15.2. The monoisotopic (exact) mass is 565 g/mol. The molecule has 9 rings (SSSR count). The van der Waals surface area contributed by atoms with Crippen LogP contribution in [0.1, 0.15) is 0 Å². The Bertz CT molecular complexity index is 2440. The van der Waals surface area contributed by atoms with Crippen molar-refractivity contribution in [3.05, 3.63) is 140 Å². The van der Waals surface area contributed by atoms with Gasteiger partial charge >= 0.3 is 0 Å². The van der Waals surface area contributed by atoms with Gasteiger partial charge in [-0.3, -0.25) is 0 Å². The molecule has 0 bridgehead atoms. The average molecular weight is 566 g/mol. The molecule has 0 N–H and O–H groups in total. The largest absolute Gasteiger partial charge is 0.245 e. The number of pyridine rings is 1. The lowest BCUT2D eigenvalue weighted by molar-refractivity contribution is 1.17. The Morgan fingerprint density at radius 1 is 0.419 bits per heavy atom. The number of hydrogen-bond acceptors (Lipinski definition) is 4. The molecule has 0 radical (unpaired) electrons. The highest BCUT2D eigenvalue weighted by atomic mass is 32.1. The molecular formula is C39H23N3S. The molecule has 200 valence electrons. The summed E-state index contributed by atoms with van der Waals surface area (Å²) in [5, 5.41) is 8.54. The van der Waals surface area contributed by atoms with Crippen LogP contribution in [0.4, 0.5) is 0 Å². The second kappa shape index (κ2) is 9.55. The number of benzene rings is 6. The van der Waals surface area contributed by atoms with E-state index in [-0.39, 0.29) is 0 Å². The Morgan fingerprint density at radius 2 is 1.00 bits per heavy atom. The molecule has 0 aliphatic heterocycles. The van der Waals surface area contributed by atoms with Gasteiger partial charge in [0.15, 0.2) is 5.82 Å². The van der Waals surface area contributed by atoms with Crippen LogP contribution >= 0.6 is 11.3 Å². The molecule has 0 spiro atoms. The fourth-order valence-electron chi connectivity index (χ4n) is 6.35. The van der Waals surface area contributed by atoms with Crippen molar-refractivity contribution in [1.82, 2.24) is 15.0 Å². The molecule has 0 saturated carbocycles. The van der Waals surface area contributed by atoms with Gasteiger partial charge in [-0.1, -0.05) is 121 Å². The molecule has 0 unspecified atom stereocenters. The zero-order chi connectivity index (χ0) is 28.3. The zero-order valence-electron chi connectivity index (χ0n) is 23.0. The lowest BCUT2D eigenvalue weighted by Gasteiger charge is -2.15. The number of rotatable bonds is 3. The Labute approximate surface area is 251 Å². The Hall–Kier alpha value is -5.45. The summed E-state index contributed by atoms with van der Waals surface area (Å²) in [4.78, 5) is 15.6. The van der Waals surface area contributed by atoms with Gasteiger partial charge < -0.3 is 0 Å². The lowest BCUT2D eigenvalue weighted by atomic mass is 9.93. The van der Waals surface area contributed by atoms with E-state index in [1.54, 1.807) is 0 Å². The van der Waals surface area contributed by atoms with Crippen molar-refractivity contribution in [2.24, 2.45) is 0 Å². The van der Waals surface area contributed by atoms with Crippen LogP contribution < -0.4 is 0 Å². The van der Waals surface area contributed by atoms with Crippen molar-refractivity contribution >= 4 is 64.0 Å². The summed E-state index contributed by atoms with van der Waals surface area (Å²) in [6.07, 6.45) is 0. The number of aromatic nitrogens is 3. The van der Waals surface area contributed by atoms with Crippen LogP contribution in [0, 0.1) is 0 Å². The third-order valence-electron chi connectivity index (χ3n) is 8.25. The normalized spacial score (nSPS) is 11.7. The van der Waals surface area contributed by atoms with Crippen LogP contribution in [0.3, 0.4) is 0 Å². The molecule has 0 saturated heterocycles. The molecule has 0 atom stereocenters. The molecule has 3 nitrogen and oxygen atoms in total. The maximum absolute atomic E-state index is 5.37. The number of hydrogen-bond donors (Lipinski definition) is 0. The van der Waals surface area contributed by atoms with Crippen molar-refractivity contribution < 1.29 is 0 Å². The summed E-state index contributed by atoms with van der Waals surface area (Å²) in [7, 11) is 0. The third kappa shape index (κ3) is 3.77. The lowest BCUT2D eigenvalue weighted by Crippen LogP contribution is -1.99. The van der Waals surface area contributed by atoms with Crippen molar-refractivity contribution in [2.45, 2.75) is 0 Å². The quantitative estimate of drug-likeness (QED) is 0.200. The second-order valence-corrected chi connectivity index (χ2v) is 11.8. The van der Waals surface area contributed by atoms with E-state index in [4.69, 9.17) is 15.0 Å². The van der Waals surface area contributed by atoms with Crippen LogP contribution in [0.2, 0.25) is 0 Å². The summed E-state index contributed by atoms with van der Waals surface area (Å²) in [6.45, 7) is 0. The fraction of sp³-hybridized carbons (Fsp3) is 0. The first-order chi connectivity index (χ1) is 21.3. The minimum atomic E-state index is 0.687. The first-order valence-electron chi connectivity index (χ1n) is 14.4. The molecule has 9 aromatic rings. The zero-order valence-corrected chi connectivity index (χ0v) is 23.8. The van der Waals surface area contributed by atoms with E-state index in [9.17, 15) is 0 Å². The molecule has 0 aliphatic rings. The molecule has 3 heterocycles. The smallest absolute Gasteiger partial charge is 0.160 e. The first kappa shape index (κ1) is 24.2. The van der Waals surface area contributed by atoms with Gasteiger partial charge in [-0.05, 0) is 29.0 Å². The second-order valence-electron chi connectivity index (χ2n) is 10.8. The Morgan fingerprint density at radius 3 is 1.77 bits per heavy atom. The standard InChI is InChI=1S/C39H23N3S/c1-3-13-24(14-4-1)31-23-32(42-39(41-31)25-15-5-2-6-16-25)37-35-27-18-8-7-17-26(27)34-29-20-10-12-22-33(29)43-38(34)36(35)28-19-9-11-21-30(28)40-37/h1-23H. The van der Waals surface area contributed by atoms with Crippen molar-refractivity contribution in [3.8, 4) is 34.0 Å². The van der Waals surface area contributed by atoms with E-state index < -0.39 is 0 Å². The Balaban J connectivity index is 1.49. The minimum absolute atomic E-state index is 0.687. The van der Waals surface area contributed by atoms with Gasteiger partial charge in [0.1, 0.15) is 0 Å². The molecule has 3 aromatic heterocycles. The van der Waals surface area contributed by atoms with Gasteiger partial charge in [-0.25, -0.2) is 15.0 Å². The summed E-state index contributed by atoms with van der Waals surface area (Å²) in [5.41, 5.74) is 5.55. The van der Waals surface area contributed by atoms with Crippen molar-refractivity contribution in [1.29, 1.82) is 0 Å². The maximum atomic E-state index is 5.37. The molecular weight excluding hydrogens is 543 g/mol. The highest BCUT2D eigenvalue weighted by Gasteiger charge is 2.22. The van der Waals surface area contributed by atoms with Crippen molar-refractivity contribution in [2.75, 3.05) is 0 Å². The van der Waals surface area contributed by atoms with Gasteiger partial charge in [-0.15, -0.1) is 11.3 Å². The van der Waals surface area contributed by atoms with Gasteiger partial charge in [0.25, 0.3) is 0 Å². The van der Waals surface area contributed by atoms with Gasteiger partial charge in [0, 0.05) is 47.5 Å². The number of fused-ring (bicyclic) bond motifs is 10. The molecule has 6 aromatic carbocycles. The van der Waals surface area contributed by atoms with E-state index in [0.717, 1.165) is 44.5 Å². The predicted octanol–water partition coefficient (Wildman–Crippen LogP) is 10.7. The summed E-state index contributed by atoms with van der Waals surface area (Å²) in [6, 6.07) is 48.7. The predicted molar refractivity (Wildman–Crippen MR) is 182 cm³/mol. The van der Waals surface area contributed by atoms with E-state index in [2.05, 4.69) is 115 Å². The van der Waals surface area contributed by atoms with E-state index in [0.29, 0.717) is 5.82 Å². The van der Waals surface area contributed by atoms with Gasteiger partial charge in [0.05, 0.1) is 22.6 Å². The third-order valence-corrected chi connectivity index (χ3v) is 9.44. The highest BCUT2D eigenvalue weighted by Crippen LogP contribution is 2.48. The molecule has 43 heavy (non-hydrogen) atoms. The van der Waals surface area contributed by atoms with Crippen LogP contribution in [-0.4, -0.2) is 15.0 Å². The average Bonchev–Trinajstić information content (AvgIpc) is 3.48. The number of para-hydroxylation sites is 1. The van der Waals surface area contributed by atoms with Crippen LogP contribution in [-0.2, 0) is 0 Å². The van der Waals surface area contributed by atoms with Crippen molar-refractivity contribution in [3.63, 3.8) is 0 Å². The van der Waals surface area contributed by atoms with E-state index in [1.807, 2.05) is 35.6 Å². The number of thiophene rings is 1. The van der Waals surface area contributed by atoms with Gasteiger partial charge in [-0.2, -0.15) is 0 Å². The minimum Gasteiger partial charge on any atom is -0.245 e. The molecule has 0 aliphatic carbocycles. The molecule has 4 heteroatoms. The van der Waals surface area contributed by atoms with Gasteiger partial charge in [0.2, 0.25) is 0 Å².